The van der Waals surface area contributed by atoms with Crippen LogP contribution in [0.1, 0.15) is 10.4 Å². The number of nitrogens with zero attached hydrogens (tertiary/aromatic N) is 4. The van der Waals surface area contributed by atoms with Crippen LogP contribution in [0.3, 0.4) is 0 Å². The molecule has 0 aliphatic carbocycles. The zero-order chi connectivity index (χ0) is 19.5. The summed E-state index contributed by atoms with van der Waals surface area (Å²) in [6.45, 7) is 0. The maximum Gasteiger partial charge on any atom is 0.258 e. The van der Waals surface area contributed by atoms with Crippen LogP contribution in [0.15, 0.2) is 60.9 Å². The minimum atomic E-state index is -0.311. The minimum absolute atomic E-state index is 0.311. The number of hydrogen-bond donors (Lipinski definition) is 2. The van der Waals surface area contributed by atoms with Gasteiger partial charge in [-0.1, -0.05) is 23.2 Å². The van der Waals surface area contributed by atoms with Crippen LogP contribution >= 0.6 is 34.5 Å². The van der Waals surface area contributed by atoms with Gasteiger partial charge in [0.2, 0.25) is 0 Å². The molecule has 3 heterocycles. The van der Waals surface area contributed by atoms with Gasteiger partial charge in [0.05, 0.1) is 9.90 Å². The molecule has 1 amide bonds. The second kappa shape index (κ2) is 7.97. The SMILES string of the molecule is O=C(Nc1ccc(Nc2ccc(-n3cccn3)nn2)cc1)c1cc(Cl)sc1Cl. The minimum Gasteiger partial charge on any atom is -0.339 e. The summed E-state index contributed by atoms with van der Waals surface area (Å²) < 4.78 is 2.45. The number of carbonyl (C=O) groups excluding carboxylic acids is 1. The molecule has 0 bridgehead atoms. The monoisotopic (exact) mass is 430 g/mol. The fourth-order valence-electron chi connectivity index (χ4n) is 2.40. The van der Waals surface area contributed by atoms with E-state index >= 15 is 0 Å². The highest BCUT2D eigenvalue weighted by molar-refractivity contribution is 7.20. The van der Waals surface area contributed by atoms with Crippen LogP contribution in [0.25, 0.3) is 5.82 Å². The van der Waals surface area contributed by atoms with Gasteiger partial charge in [0.25, 0.3) is 5.91 Å². The van der Waals surface area contributed by atoms with Crippen LogP contribution in [-0.4, -0.2) is 25.9 Å². The lowest BCUT2D eigenvalue weighted by molar-refractivity contribution is 0.102. The van der Waals surface area contributed by atoms with Gasteiger partial charge in [-0.15, -0.1) is 21.5 Å². The second-order valence-electron chi connectivity index (χ2n) is 5.62. The molecule has 7 nitrogen and oxygen atoms in total. The Kier molecular flexibility index (Phi) is 5.25. The van der Waals surface area contributed by atoms with Crippen LogP contribution in [0, 0.1) is 0 Å². The topological polar surface area (TPSA) is 84.7 Å². The number of thiophene rings is 1. The summed E-state index contributed by atoms with van der Waals surface area (Å²) in [7, 11) is 0. The molecule has 4 aromatic rings. The summed E-state index contributed by atoms with van der Waals surface area (Å²) in [5, 5.41) is 18.3. The van der Waals surface area contributed by atoms with Crippen LogP contribution in [-0.2, 0) is 0 Å². The van der Waals surface area contributed by atoms with Crippen molar-refractivity contribution in [2.45, 2.75) is 0 Å². The van der Waals surface area contributed by atoms with E-state index in [9.17, 15) is 4.79 Å². The third-order valence-corrected chi connectivity index (χ3v) is 5.19. The molecule has 0 atom stereocenters. The first kappa shape index (κ1) is 18.4. The molecular formula is C18H12Cl2N6OS. The van der Waals surface area contributed by atoms with E-state index in [0.29, 0.717) is 31.6 Å². The predicted octanol–water partition coefficient (Wildman–Crippen LogP) is 5.03. The van der Waals surface area contributed by atoms with Gasteiger partial charge in [0, 0.05) is 23.8 Å². The number of carbonyl (C=O) groups is 1. The van der Waals surface area contributed by atoms with Gasteiger partial charge in [-0.25, -0.2) is 4.68 Å². The van der Waals surface area contributed by atoms with Crippen molar-refractivity contribution >= 4 is 57.6 Å². The average Bonchev–Trinajstić information content (AvgIpc) is 3.33. The van der Waals surface area contributed by atoms with Crippen molar-refractivity contribution in [3.05, 3.63) is 75.2 Å². The van der Waals surface area contributed by atoms with Crippen molar-refractivity contribution < 1.29 is 4.79 Å². The number of benzene rings is 1. The molecule has 0 aliphatic heterocycles. The van der Waals surface area contributed by atoms with Crippen LogP contribution in [0.4, 0.5) is 17.2 Å². The molecule has 1 aromatic carbocycles. The molecule has 4 rings (SSSR count). The van der Waals surface area contributed by atoms with E-state index in [-0.39, 0.29) is 5.91 Å². The molecule has 0 unspecified atom stereocenters. The Morgan fingerprint density at radius 1 is 1.04 bits per heavy atom. The van der Waals surface area contributed by atoms with E-state index in [1.807, 2.05) is 30.3 Å². The average molecular weight is 431 g/mol. The molecule has 10 heteroatoms. The van der Waals surface area contributed by atoms with Crippen molar-refractivity contribution in [2.75, 3.05) is 10.6 Å². The molecule has 0 spiro atoms. The normalized spacial score (nSPS) is 10.6. The van der Waals surface area contributed by atoms with Crippen molar-refractivity contribution in [3.8, 4) is 5.82 Å². The third-order valence-electron chi connectivity index (χ3n) is 3.71. The Hall–Kier alpha value is -2.94. The molecule has 0 saturated heterocycles. The zero-order valence-electron chi connectivity index (χ0n) is 14.1. The third kappa shape index (κ3) is 4.14. The molecule has 140 valence electrons. The fourth-order valence-corrected chi connectivity index (χ4v) is 3.86. The lowest BCUT2D eigenvalue weighted by Gasteiger charge is -2.08. The second-order valence-corrected chi connectivity index (χ2v) is 7.91. The largest absolute Gasteiger partial charge is 0.339 e. The van der Waals surface area contributed by atoms with Crippen LogP contribution < -0.4 is 10.6 Å². The van der Waals surface area contributed by atoms with E-state index in [4.69, 9.17) is 23.2 Å². The molecule has 0 aliphatic rings. The summed E-state index contributed by atoms with van der Waals surface area (Å²) in [5.41, 5.74) is 1.79. The lowest BCUT2D eigenvalue weighted by Crippen LogP contribution is -2.11. The quantitative estimate of drug-likeness (QED) is 0.463. The maximum atomic E-state index is 12.3. The number of rotatable bonds is 5. The molecule has 28 heavy (non-hydrogen) atoms. The number of halogens is 2. The molecule has 0 radical (unpaired) electrons. The van der Waals surface area contributed by atoms with Crippen molar-refractivity contribution in [3.63, 3.8) is 0 Å². The number of anilines is 3. The summed E-state index contributed by atoms with van der Waals surface area (Å²) in [5.74, 6) is 0.905. The van der Waals surface area contributed by atoms with Gasteiger partial charge < -0.3 is 10.6 Å². The first-order chi connectivity index (χ1) is 13.6. The Balaban J connectivity index is 1.40. The zero-order valence-corrected chi connectivity index (χ0v) is 16.5. The lowest BCUT2D eigenvalue weighted by atomic mass is 10.2. The van der Waals surface area contributed by atoms with Gasteiger partial charge >= 0.3 is 0 Å². The summed E-state index contributed by atoms with van der Waals surface area (Å²) in [6.07, 6.45) is 3.47. The van der Waals surface area contributed by atoms with Crippen LogP contribution in [0.2, 0.25) is 8.67 Å². The molecule has 3 aromatic heterocycles. The first-order valence-corrected chi connectivity index (χ1v) is 9.63. The van der Waals surface area contributed by atoms with Gasteiger partial charge in [-0.3, -0.25) is 4.79 Å². The summed E-state index contributed by atoms with van der Waals surface area (Å²) in [4.78, 5) is 12.3. The van der Waals surface area contributed by atoms with Crippen molar-refractivity contribution in [1.82, 2.24) is 20.0 Å². The molecular weight excluding hydrogens is 419 g/mol. The maximum absolute atomic E-state index is 12.3. The van der Waals surface area contributed by atoms with E-state index in [1.165, 1.54) is 0 Å². The molecule has 0 saturated carbocycles. The summed E-state index contributed by atoms with van der Waals surface area (Å²) in [6, 6.07) is 14.2. The van der Waals surface area contributed by atoms with E-state index in [0.717, 1.165) is 17.0 Å². The first-order valence-electron chi connectivity index (χ1n) is 8.05. The van der Waals surface area contributed by atoms with Gasteiger partial charge in [-0.05, 0) is 48.5 Å². The summed E-state index contributed by atoms with van der Waals surface area (Å²) >= 11 is 13.0. The van der Waals surface area contributed by atoms with Gasteiger partial charge in [0.15, 0.2) is 11.6 Å². The number of hydrogen-bond acceptors (Lipinski definition) is 6. The molecule has 0 fully saturated rings. The highest BCUT2D eigenvalue weighted by Crippen LogP contribution is 2.31. The van der Waals surface area contributed by atoms with Crippen molar-refractivity contribution in [1.29, 1.82) is 0 Å². The Bertz CT molecular complexity index is 1090. The van der Waals surface area contributed by atoms with E-state index in [1.54, 1.807) is 35.3 Å². The number of amides is 1. The van der Waals surface area contributed by atoms with Gasteiger partial charge in [0.1, 0.15) is 4.34 Å². The fraction of sp³-hybridized carbons (Fsp3) is 0. The predicted molar refractivity (Wildman–Crippen MR) is 111 cm³/mol. The Morgan fingerprint density at radius 2 is 1.82 bits per heavy atom. The van der Waals surface area contributed by atoms with E-state index < -0.39 is 0 Å². The standard InChI is InChI=1S/C18H12Cl2N6OS/c19-14-10-13(17(20)28-14)18(27)23-12-4-2-11(3-5-12)22-15-6-7-16(25-24-15)26-9-1-8-21-26/h1-10H,(H,22,24)(H,23,27). The van der Waals surface area contributed by atoms with Gasteiger partial charge in [-0.2, -0.15) is 5.10 Å². The highest BCUT2D eigenvalue weighted by atomic mass is 35.5. The Morgan fingerprint density at radius 3 is 2.43 bits per heavy atom. The molecule has 2 N–H and O–H groups in total. The number of aromatic nitrogens is 4. The highest BCUT2D eigenvalue weighted by Gasteiger charge is 2.14. The number of nitrogens with one attached hydrogen (secondary N) is 2. The van der Waals surface area contributed by atoms with E-state index in [2.05, 4.69) is 25.9 Å². The Labute approximate surface area is 173 Å². The van der Waals surface area contributed by atoms with Crippen molar-refractivity contribution in [2.24, 2.45) is 0 Å². The van der Waals surface area contributed by atoms with Crippen LogP contribution in [0.5, 0.6) is 0 Å². The smallest absolute Gasteiger partial charge is 0.258 e.